The second kappa shape index (κ2) is 13.1. The van der Waals surface area contributed by atoms with Crippen LogP contribution in [0.3, 0.4) is 0 Å². The molecule has 0 aliphatic heterocycles. The van der Waals surface area contributed by atoms with E-state index >= 15 is 0 Å². The van der Waals surface area contributed by atoms with Crippen molar-refractivity contribution in [3.63, 3.8) is 0 Å². The molecule has 156 valence electrons. The van der Waals surface area contributed by atoms with E-state index in [9.17, 15) is 12.8 Å². The predicted octanol–water partition coefficient (Wildman–Crippen LogP) is 2.05. The van der Waals surface area contributed by atoms with Crippen LogP contribution in [-0.2, 0) is 10.0 Å². The van der Waals surface area contributed by atoms with Gasteiger partial charge >= 0.3 is 0 Å². The van der Waals surface area contributed by atoms with E-state index in [2.05, 4.69) is 15.6 Å². The topological polar surface area (TPSA) is 83.0 Å². The van der Waals surface area contributed by atoms with Crippen LogP contribution in [0.25, 0.3) is 0 Å². The molecule has 0 aliphatic rings. The normalized spacial score (nSPS) is 13.0. The van der Waals surface area contributed by atoms with Crippen molar-refractivity contribution >= 4 is 40.0 Å². The zero-order valence-corrected chi connectivity index (χ0v) is 19.4. The third-order valence-electron chi connectivity index (χ3n) is 3.64. The second-order valence-electron chi connectivity index (χ2n) is 5.85. The highest BCUT2D eigenvalue weighted by Gasteiger charge is 2.13. The minimum atomic E-state index is -3.16. The summed E-state index contributed by atoms with van der Waals surface area (Å²) in [6.07, 6.45) is 1.61. The first-order valence-electron chi connectivity index (χ1n) is 8.58. The van der Waals surface area contributed by atoms with Gasteiger partial charge in [-0.15, -0.1) is 24.0 Å². The van der Waals surface area contributed by atoms with Crippen LogP contribution in [-0.4, -0.2) is 64.3 Å². The van der Waals surface area contributed by atoms with Crippen LogP contribution in [0.4, 0.5) is 4.39 Å². The van der Waals surface area contributed by atoms with E-state index in [4.69, 9.17) is 4.74 Å². The van der Waals surface area contributed by atoms with E-state index in [1.807, 2.05) is 13.8 Å². The summed E-state index contributed by atoms with van der Waals surface area (Å²) in [7, 11) is -1.52. The Labute approximate surface area is 178 Å². The molecule has 0 heterocycles. The molecule has 0 spiro atoms. The number of hydrogen-bond donors (Lipinski definition) is 2. The molecule has 7 nitrogen and oxygen atoms in total. The maximum Gasteiger partial charge on any atom is 0.211 e. The highest BCUT2D eigenvalue weighted by molar-refractivity contribution is 14.0. The van der Waals surface area contributed by atoms with Crippen molar-refractivity contribution in [1.82, 2.24) is 14.9 Å². The van der Waals surface area contributed by atoms with E-state index < -0.39 is 15.8 Å². The molecule has 1 aromatic rings. The highest BCUT2D eigenvalue weighted by Crippen LogP contribution is 2.16. The Bertz CT molecular complexity index is 689. The number of sulfonamides is 1. The molecule has 10 heteroatoms. The Morgan fingerprint density at radius 1 is 1.33 bits per heavy atom. The molecule has 1 unspecified atom stereocenters. The molecular weight excluding hydrogens is 486 g/mol. The van der Waals surface area contributed by atoms with Gasteiger partial charge in [-0.2, -0.15) is 0 Å². The van der Waals surface area contributed by atoms with Gasteiger partial charge in [-0.1, -0.05) is 19.1 Å². The van der Waals surface area contributed by atoms with E-state index in [0.29, 0.717) is 38.6 Å². The van der Waals surface area contributed by atoms with Crippen LogP contribution in [0.15, 0.2) is 29.3 Å². The summed E-state index contributed by atoms with van der Waals surface area (Å²) in [4.78, 5) is 4.10. The first-order valence-corrected chi connectivity index (χ1v) is 10.4. The van der Waals surface area contributed by atoms with Crippen LogP contribution in [0, 0.1) is 5.82 Å². The first-order chi connectivity index (χ1) is 12.3. The van der Waals surface area contributed by atoms with Gasteiger partial charge in [0.05, 0.1) is 12.8 Å². The summed E-state index contributed by atoms with van der Waals surface area (Å²) in [5.41, 5.74) is 0. The quantitative estimate of drug-likeness (QED) is 0.215. The lowest BCUT2D eigenvalue weighted by Crippen LogP contribution is -2.42. The molecule has 1 rings (SSSR count). The smallest absolute Gasteiger partial charge is 0.211 e. The number of nitrogens with one attached hydrogen (secondary N) is 2. The third kappa shape index (κ3) is 10.1. The predicted molar refractivity (Wildman–Crippen MR) is 118 cm³/mol. The molecule has 0 fully saturated rings. The average Bonchev–Trinajstić information content (AvgIpc) is 2.58. The zero-order chi connectivity index (χ0) is 19.6. The molecule has 1 atom stereocenters. The lowest BCUT2D eigenvalue weighted by molar-refractivity contribution is 0.214. The van der Waals surface area contributed by atoms with E-state index in [1.54, 1.807) is 25.2 Å². The molecule has 1 aromatic carbocycles. The number of hydrogen-bond acceptors (Lipinski definition) is 4. The molecule has 0 saturated heterocycles. The van der Waals surface area contributed by atoms with Crippen LogP contribution < -0.4 is 15.4 Å². The zero-order valence-electron chi connectivity index (χ0n) is 16.2. The third-order valence-corrected chi connectivity index (χ3v) is 5.02. The SMILES string of the molecule is CCN(CCCNC(=NC)NCC(C)Oc1ccccc1F)S(C)(=O)=O.I. The van der Waals surface area contributed by atoms with Crippen LogP contribution in [0.2, 0.25) is 0 Å². The van der Waals surface area contributed by atoms with E-state index in [0.717, 1.165) is 0 Å². The molecular formula is C17H30FIN4O3S. The summed E-state index contributed by atoms with van der Waals surface area (Å²) in [5, 5.41) is 6.22. The fourth-order valence-corrected chi connectivity index (χ4v) is 3.21. The fraction of sp³-hybridized carbons (Fsp3) is 0.588. The maximum absolute atomic E-state index is 13.6. The Balaban J connectivity index is 0.00000676. The number of guanidine groups is 1. The standard InChI is InChI=1S/C17H29FN4O3S.HI/c1-5-22(26(4,23)24)12-8-11-20-17(19-3)21-13-14(2)25-16-10-7-6-9-15(16)18;/h6-7,9-10,14H,5,8,11-13H2,1-4H3,(H2,19,20,21);1H. The van der Waals surface area contributed by atoms with Crippen molar-refractivity contribution in [2.24, 2.45) is 4.99 Å². The van der Waals surface area contributed by atoms with Crippen LogP contribution in [0.1, 0.15) is 20.3 Å². The number of nitrogens with zero attached hydrogens (tertiary/aromatic N) is 2. The summed E-state index contributed by atoms with van der Waals surface area (Å²) in [5.74, 6) is 0.398. The average molecular weight is 516 g/mol. The largest absolute Gasteiger partial charge is 0.486 e. The number of rotatable bonds is 10. The fourth-order valence-electron chi connectivity index (χ4n) is 2.28. The molecule has 0 radical (unpaired) electrons. The maximum atomic E-state index is 13.6. The molecule has 2 N–H and O–H groups in total. The monoisotopic (exact) mass is 516 g/mol. The Kier molecular flexibility index (Phi) is 12.6. The molecule has 0 aromatic heterocycles. The van der Waals surface area contributed by atoms with Crippen molar-refractivity contribution in [3.8, 4) is 5.75 Å². The van der Waals surface area contributed by atoms with Gasteiger partial charge in [-0.3, -0.25) is 4.99 Å². The van der Waals surface area contributed by atoms with Crippen molar-refractivity contribution in [3.05, 3.63) is 30.1 Å². The minimum Gasteiger partial charge on any atom is -0.486 e. The van der Waals surface area contributed by atoms with E-state index in [1.165, 1.54) is 16.6 Å². The van der Waals surface area contributed by atoms with Gasteiger partial charge < -0.3 is 15.4 Å². The van der Waals surface area contributed by atoms with Crippen molar-refractivity contribution in [1.29, 1.82) is 0 Å². The number of benzene rings is 1. The Hall–Kier alpha value is -1.14. The number of aliphatic imine (C=N–C) groups is 1. The van der Waals surface area contributed by atoms with Gasteiger partial charge in [0.2, 0.25) is 10.0 Å². The van der Waals surface area contributed by atoms with Crippen LogP contribution in [0.5, 0.6) is 5.75 Å². The van der Waals surface area contributed by atoms with Gasteiger partial charge in [0, 0.05) is 26.7 Å². The Morgan fingerprint density at radius 3 is 2.56 bits per heavy atom. The van der Waals surface area contributed by atoms with Crippen molar-refractivity contribution in [2.75, 3.05) is 39.5 Å². The van der Waals surface area contributed by atoms with Crippen molar-refractivity contribution in [2.45, 2.75) is 26.4 Å². The van der Waals surface area contributed by atoms with Gasteiger partial charge in [0.25, 0.3) is 0 Å². The lowest BCUT2D eigenvalue weighted by Gasteiger charge is -2.19. The number of ether oxygens (including phenoxy) is 1. The second-order valence-corrected chi connectivity index (χ2v) is 7.83. The molecule has 0 bridgehead atoms. The van der Waals surface area contributed by atoms with Gasteiger partial charge in [-0.05, 0) is 25.5 Å². The van der Waals surface area contributed by atoms with Crippen LogP contribution >= 0.6 is 24.0 Å². The highest BCUT2D eigenvalue weighted by atomic mass is 127. The molecule has 0 aliphatic carbocycles. The van der Waals surface area contributed by atoms with Gasteiger partial charge in [0.15, 0.2) is 17.5 Å². The first kappa shape index (κ1) is 25.9. The van der Waals surface area contributed by atoms with Gasteiger partial charge in [0.1, 0.15) is 6.10 Å². The number of para-hydroxylation sites is 1. The summed E-state index contributed by atoms with van der Waals surface area (Å²) < 4.78 is 43.6. The van der Waals surface area contributed by atoms with E-state index in [-0.39, 0.29) is 35.8 Å². The molecule has 27 heavy (non-hydrogen) atoms. The summed E-state index contributed by atoms with van der Waals surface area (Å²) >= 11 is 0. The molecule has 0 saturated carbocycles. The van der Waals surface area contributed by atoms with Gasteiger partial charge in [-0.25, -0.2) is 17.1 Å². The molecule has 0 amide bonds. The minimum absolute atomic E-state index is 0. The lowest BCUT2D eigenvalue weighted by atomic mass is 10.3. The van der Waals surface area contributed by atoms with Crippen molar-refractivity contribution < 1.29 is 17.5 Å². The summed E-state index contributed by atoms with van der Waals surface area (Å²) in [6.45, 7) is 5.57. The number of halogens is 2. The Morgan fingerprint density at radius 2 is 2.00 bits per heavy atom. The summed E-state index contributed by atoms with van der Waals surface area (Å²) in [6, 6.07) is 6.27.